The zero-order valence-corrected chi connectivity index (χ0v) is 18.3. The van der Waals surface area contributed by atoms with Gasteiger partial charge in [0, 0.05) is 43.7 Å². The SMILES string of the molecule is Cc1cc(C)c(C2=C(OC(=O)N3CCOCC3)CC(Cc3ccccn3)C2=O)c(C)c1. The van der Waals surface area contributed by atoms with E-state index in [0.717, 1.165) is 27.9 Å². The highest BCUT2D eigenvalue weighted by molar-refractivity contribution is 6.25. The summed E-state index contributed by atoms with van der Waals surface area (Å²) in [4.78, 5) is 32.4. The Kier molecular flexibility index (Phi) is 6.18. The van der Waals surface area contributed by atoms with E-state index < -0.39 is 6.09 Å². The standard InChI is InChI=1S/C25H28N2O4/c1-16-12-17(2)22(18(3)13-16)23-21(31-25(29)27-8-10-30-11-9-27)15-19(24(23)28)14-20-6-4-5-7-26-20/h4-7,12-13,19H,8-11,14-15H2,1-3H3. The maximum absolute atomic E-state index is 13.6. The lowest BCUT2D eigenvalue weighted by Gasteiger charge is -2.26. The fourth-order valence-electron chi connectivity index (χ4n) is 4.54. The highest BCUT2D eigenvalue weighted by Crippen LogP contribution is 2.40. The Hall–Kier alpha value is -2.99. The van der Waals surface area contributed by atoms with Crippen LogP contribution in [0, 0.1) is 26.7 Å². The molecule has 1 aromatic carbocycles. The fraction of sp³-hybridized carbons (Fsp3) is 0.400. The molecule has 2 aromatic rings. The number of rotatable bonds is 4. The second kappa shape index (κ2) is 9.02. The Morgan fingerprint density at radius 3 is 2.52 bits per heavy atom. The molecule has 1 atom stereocenters. The van der Waals surface area contributed by atoms with Crippen LogP contribution in [-0.4, -0.2) is 48.1 Å². The van der Waals surface area contributed by atoms with Gasteiger partial charge >= 0.3 is 6.09 Å². The van der Waals surface area contributed by atoms with Gasteiger partial charge in [-0.05, 0) is 49.6 Å². The van der Waals surface area contributed by atoms with Crippen molar-refractivity contribution < 1.29 is 19.1 Å². The minimum Gasteiger partial charge on any atom is -0.414 e. The quantitative estimate of drug-likeness (QED) is 0.747. The van der Waals surface area contributed by atoms with Crippen molar-refractivity contribution in [3.8, 4) is 0 Å². The molecule has 0 N–H and O–H groups in total. The predicted octanol–water partition coefficient (Wildman–Crippen LogP) is 4.02. The van der Waals surface area contributed by atoms with Crippen LogP contribution < -0.4 is 0 Å². The number of ether oxygens (including phenoxy) is 2. The van der Waals surface area contributed by atoms with E-state index in [1.54, 1.807) is 11.1 Å². The molecule has 6 heteroatoms. The molecule has 1 unspecified atom stereocenters. The van der Waals surface area contributed by atoms with Gasteiger partial charge in [-0.15, -0.1) is 0 Å². The second-order valence-corrected chi connectivity index (χ2v) is 8.33. The van der Waals surface area contributed by atoms with E-state index >= 15 is 0 Å². The Labute approximate surface area is 182 Å². The molecule has 0 spiro atoms. The molecule has 0 saturated carbocycles. The van der Waals surface area contributed by atoms with E-state index in [9.17, 15) is 9.59 Å². The summed E-state index contributed by atoms with van der Waals surface area (Å²) in [5.74, 6) is 0.195. The fourth-order valence-corrected chi connectivity index (χ4v) is 4.54. The molecular weight excluding hydrogens is 392 g/mol. The molecule has 31 heavy (non-hydrogen) atoms. The molecule has 0 radical (unpaired) electrons. The summed E-state index contributed by atoms with van der Waals surface area (Å²) in [6.07, 6.45) is 2.24. The van der Waals surface area contributed by atoms with E-state index in [-0.39, 0.29) is 11.7 Å². The number of benzene rings is 1. The van der Waals surface area contributed by atoms with E-state index in [2.05, 4.69) is 17.1 Å². The van der Waals surface area contributed by atoms with Crippen molar-refractivity contribution in [3.05, 3.63) is 70.2 Å². The zero-order valence-electron chi connectivity index (χ0n) is 18.3. The summed E-state index contributed by atoms with van der Waals surface area (Å²) in [6, 6.07) is 9.83. The molecule has 1 saturated heterocycles. The van der Waals surface area contributed by atoms with Crippen molar-refractivity contribution in [1.29, 1.82) is 0 Å². The van der Waals surface area contributed by atoms with Crippen molar-refractivity contribution in [2.75, 3.05) is 26.3 Å². The number of aromatic nitrogens is 1. The number of allylic oxidation sites excluding steroid dienone is 2. The maximum atomic E-state index is 13.6. The predicted molar refractivity (Wildman–Crippen MR) is 118 cm³/mol. The van der Waals surface area contributed by atoms with Gasteiger partial charge < -0.3 is 14.4 Å². The number of hydrogen-bond acceptors (Lipinski definition) is 5. The van der Waals surface area contributed by atoms with Crippen LogP contribution in [0.5, 0.6) is 0 Å². The number of ketones is 1. The average molecular weight is 421 g/mol. The van der Waals surface area contributed by atoms with Crippen LogP contribution in [-0.2, 0) is 20.7 Å². The summed E-state index contributed by atoms with van der Waals surface area (Å²) >= 11 is 0. The molecule has 1 amide bonds. The van der Waals surface area contributed by atoms with Crippen molar-refractivity contribution in [2.24, 2.45) is 5.92 Å². The highest BCUT2D eigenvalue weighted by atomic mass is 16.6. The normalized spacial score (nSPS) is 19.1. The molecule has 2 heterocycles. The summed E-state index contributed by atoms with van der Waals surface area (Å²) in [5.41, 5.74) is 5.44. The number of carbonyl (C=O) groups is 2. The van der Waals surface area contributed by atoms with Gasteiger partial charge in [0.05, 0.1) is 18.8 Å². The van der Waals surface area contributed by atoms with Crippen LogP contribution in [0.3, 0.4) is 0 Å². The molecule has 1 aliphatic heterocycles. The van der Waals surface area contributed by atoms with Gasteiger partial charge in [-0.2, -0.15) is 0 Å². The summed E-state index contributed by atoms with van der Waals surface area (Å²) in [5, 5.41) is 0. The molecule has 162 valence electrons. The Morgan fingerprint density at radius 1 is 1.16 bits per heavy atom. The van der Waals surface area contributed by atoms with Crippen LogP contribution in [0.15, 0.2) is 42.3 Å². The molecule has 0 bridgehead atoms. The van der Waals surface area contributed by atoms with Gasteiger partial charge in [-0.3, -0.25) is 9.78 Å². The van der Waals surface area contributed by atoms with Crippen LogP contribution in [0.1, 0.15) is 34.4 Å². The largest absolute Gasteiger partial charge is 0.415 e. The maximum Gasteiger partial charge on any atom is 0.415 e. The van der Waals surface area contributed by atoms with Crippen LogP contribution >= 0.6 is 0 Å². The Morgan fingerprint density at radius 2 is 1.87 bits per heavy atom. The lowest BCUT2D eigenvalue weighted by Crippen LogP contribution is -2.40. The number of Topliss-reactive ketones (excluding diaryl/α,β-unsaturated/α-hetero) is 1. The number of aryl methyl sites for hydroxylation is 3. The number of morpholine rings is 1. The number of amides is 1. The smallest absolute Gasteiger partial charge is 0.414 e. The second-order valence-electron chi connectivity index (χ2n) is 8.33. The Balaban J connectivity index is 1.68. The molecule has 1 aliphatic carbocycles. The van der Waals surface area contributed by atoms with Gasteiger partial charge in [0.1, 0.15) is 5.76 Å². The molecular formula is C25H28N2O4. The van der Waals surface area contributed by atoms with E-state index in [1.165, 1.54) is 0 Å². The zero-order chi connectivity index (χ0) is 22.0. The third-order valence-corrected chi connectivity index (χ3v) is 5.92. The molecule has 6 nitrogen and oxygen atoms in total. The lowest BCUT2D eigenvalue weighted by molar-refractivity contribution is -0.116. The lowest BCUT2D eigenvalue weighted by atomic mass is 9.90. The number of carbonyl (C=O) groups excluding carboxylic acids is 2. The van der Waals surface area contributed by atoms with Crippen LogP contribution in [0.4, 0.5) is 4.79 Å². The summed E-state index contributed by atoms with van der Waals surface area (Å²) in [6.45, 7) is 8.03. The molecule has 1 aromatic heterocycles. The van der Waals surface area contributed by atoms with Gasteiger partial charge in [-0.1, -0.05) is 23.8 Å². The first kappa shape index (κ1) is 21.2. The monoisotopic (exact) mass is 420 g/mol. The third-order valence-electron chi connectivity index (χ3n) is 5.92. The first-order chi connectivity index (χ1) is 14.9. The minimum absolute atomic E-state index is 0.0190. The number of hydrogen-bond donors (Lipinski definition) is 0. The van der Waals surface area contributed by atoms with Crippen LogP contribution in [0.2, 0.25) is 0 Å². The number of pyridine rings is 1. The van der Waals surface area contributed by atoms with Crippen molar-refractivity contribution in [1.82, 2.24) is 9.88 Å². The first-order valence-corrected chi connectivity index (χ1v) is 10.7. The van der Waals surface area contributed by atoms with E-state index in [1.807, 2.05) is 39.0 Å². The topological polar surface area (TPSA) is 68.7 Å². The van der Waals surface area contributed by atoms with Crippen molar-refractivity contribution >= 4 is 17.4 Å². The minimum atomic E-state index is -0.412. The summed E-state index contributed by atoms with van der Waals surface area (Å²) in [7, 11) is 0. The van der Waals surface area contributed by atoms with Crippen molar-refractivity contribution in [3.63, 3.8) is 0 Å². The average Bonchev–Trinajstić information content (AvgIpc) is 3.04. The molecule has 2 aliphatic rings. The van der Waals surface area contributed by atoms with Crippen LogP contribution in [0.25, 0.3) is 5.57 Å². The van der Waals surface area contributed by atoms with Gasteiger partial charge in [0.15, 0.2) is 5.78 Å². The highest BCUT2D eigenvalue weighted by Gasteiger charge is 2.38. The third kappa shape index (κ3) is 4.54. The Bertz CT molecular complexity index is 1000. The van der Waals surface area contributed by atoms with Crippen molar-refractivity contribution in [2.45, 2.75) is 33.6 Å². The summed E-state index contributed by atoms with van der Waals surface area (Å²) < 4.78 is 11.2. The molecule has 1 fully saturated rings. The molecule has 4 rings (SSSR count). The number of nitrogens with zero attached hydrogens (tertiary/aromatic N) is 2. The van der Waals surface area contributed by atoms with E-state index in [4.69, 9.17) is 9.47 Å². The van der Waals surface area contributed by atoms with Gasteiger partial charge in [-0.25, -0.2) is 4.79 Å². The first-order valence-electron chi connectivity index (χ1n) is 10.7. The van der Waals surface area contributed by atoms with E-state index in [0.29, 0.717) is 50.5 Å². The van der Waals surface area contributed by atoms with Gasteiger partial charge in [0.25, 0.3) is 0 Å². The van der Waals surface area contributed by atoms with Gasteiger partial charge in [0.2, 0.25) is 0 Å².